The van der Waals surface area contributed by atoms with Crippen molar-refractivity contribution in [2.24, 2.45) is 5.92 Å². The van der Waals surface area contributed by atoms with Crippen LogP contribution in [0.3, 0.4) is 0 Å². The zero-order chi connectivity index (χ0) is 21.9. The average molecular weight is 438 g/mol. The van der Waals surface area contributed by atoms with E-state index in [9.17, 15) is 9.59 Å². The molecule has 0 radical (unpaired) electrons. The minimum Gasteiger partial charge on any atom is -0.346 e. The van der Waals surface area contributed by atoms with Crippen molar-refractivity contribution in [2.45, 2.75) is 69.7 Å². The van der Waals surface area contributed by atoms with E-state index in [0.717, 1.165) is 70.4 Å². The number of hydrogen-bond donors (Lipinski definition) is 2. The Labute approximate surface area is 189 Å². The highest BCUT2D eigenvalue weighted by Crippen LogP contribution is 2.32. The van der Waals surface area contributed by atoms with Gasteiger partial charge in [-0.05, 0) is 62.1 Å². The van der Waals surface area contributed by atoms with E-state index in [-0.39, 0.29) is 18.0 Å². The third kappa shape index (κ3) is 4.48. The van der Waals surface area contributed by atoms with Crippen molar-refractivity contribution in [2.75, 3.05) is 26.2 Å². The largest absolute Gasteiger partial charge is 0.346 e. The Kier molecular flexibility index (Phi) is 6.32. The van der Waals surface area contributed by atoms with Gasteiger partial charge in [-0.2, -0.15) is 0 Å². The van der Waals surface area contributed by atoms with Crippen LogP contribution in [0.25, 0.3) is 11.0 Å². The molecule has 32 heavy (non-hydrogen) atoms. The van der Waals surface area contributed by atoms with Crippen molar-refractivity contribution in [1.82, 2.24) is 25.1 Å². The highest BCUT2D eigenvalue weighted by atomic mass is 16.2. The van der Waals surface area contributed by atoms with E-state index in [2.05, 4.69) is 27.5 Å². The Balaban J connectivity index is 1.08. The van der Waals surface area contributed by atoms with Gasteiger partial charge in [-0.1, -0.05) is 19.3 Å². The molecule has 1 saturated carbocycles. The number of likely N-dealkylation sites (tertiary alicyclic amines) is 2. The summed E-state index contributed by atoms with van der Waals surface area (Å²) in [5.74, 6) is 1.05. The van der Waals surface area contributed by atoms with Crippen LogP contribution in [0.4, 0.5) is 4.79 Å². The van der Waals surface area contributed by atoms with Gasteiger partial charge in [0.15, 0.2) is 0 Å². The molecule has 2 aromatic rings. The molecule has 0 bridgehead atoms. The number of carbonyl (C=O) groups is 2. The summed E-state index contributed by atoms with van der Waals surface area (Å²) in [6, 6.07) is 4.34. The molecule has 172 valence electrons. The van der Waals surface area contributed by atoms with Crippen LogP contribution in [-0.2, 0) is 4.79 Å². The summed E-state index contributed by atoms with van der Waals surface area (Å²) in [5, 5.41) is 4.44. The molecular formula is C25H35N5O2. The SMILES string of the molecule is O=C(NC1CCN(C(=O)C2CCCCC2)CC1)N1CCC(c2c[nH]c3ncccc23)CC1. The van der Waals surface area contributed by atoms with E-state index in [1.54, 1.807) is 0 Å². The third-order valence-electron chi connectivity index (χ3n) is 7.79. The number of amides is 3. The number of H-pyrrole nitrogens is 1. The molecule has 2 N–H and O–H groups in total. The van der Waals surface area contributed by atoms with E-state index in [0.29, 0.717) is 11.8 Å². The van der Waals surface area contributed by atoms with E-state index in [1.165, 1.54) is 30.2 Å². The first-order valence-electron chi connectivity index (χ1n) is 12.5. The Hall–Kier alpha value is -2.57. The molecule has 5 rings (SSSR count). The van der Waals surface area contributed by atoms with Gasteiger partial charge >= 0.3 is 6.03 Å². The lowest BCUT2D eigenvalue weighted by atomic mass is 9.87. The lowest BCUT2D eigenvalue weighted by Crippen LogP contribution is -2.52. The number of urea groups is 1. The number of aromatic amines is 1. The molecule has 7 heteroatoms. The van der Waals surface area contributed by atoms with E-state index in [4.69, 9.17) is 0 Å². The molecule has 3 aliphatic rings. The number of nitrogens with one attached hydrogen (secondary N) is 2. The molecule has 2 saturated heterocycles. The monoisotopic (exact) mass is 437 g/mol. The normalized spacial score (nSPS) is 21.8. The predicted octanol–water partition coefficient (Wildman–Crippen LogP) is 4.02. The average Bonchev–Trinajstić information content (AvgIpc) is 3.29. The van der Waals surface area contributed by atoms with E-state index >= 15 is 0 Å². The van der Waals surface area contributed by atoms with Gasteiger partial charge < -0.3 is 20.1 Å². The van der Waals surface area contributed by atoms with Crippen LogP contribution in [0.1, 0.15) is 69.3 Å². The minimum absolute atomic E-state index is 0.0566. The molecule has 2 aromatic heterocycles. The van der Waals surface area contributed by atoms with Crippen LogP contribution in [-0.4, -0.2) is 63.9 Å². The number of carbonyl (C=O) groups excluding carboxylic acids is 2. The summed E-state index contributed by atoms with van der Waals surface area (Å²) in [5.41, 5.74) is 2.26. The maximum atomic E-state index is 12.9. The summed E-state index contributed by atoms with van der Waals surface area (Å²) < 4.78 is 0. The first kappa shape index (κ1) is 21.3. The van der Waals surface area contributed by atoms with Gasteiger partial charge in [0.25, 0.3) is 0 Å². The number of fused-ring (bicyclic) bond motifs is 1. The van der Waals surface area contributed by atoms with Crippen LogP contribution in [0.5, 0.6) is 0 Å². The quantitative estimate of drug-likeness (QED) is 0.761. The molecule has 0 spiro atoms. The van der Waals surface area contributed by atoms with Gasteiger partial charge in [-0.15, -0.1) is 0 Å². The van der Waals surface area contributed by atoms with Crippen molar-refractivity contribution < 1.29 is 9.59 Å². The molecule has 2 aliphatic heterocycles. The molecule has 4 heterocycles. The van der Waals surface area contributed by atoms with E-state index in [1.807, 2.05) is 22.1 Å². The summed E-state index contributed by atoms with van der Waals surface area (Å²) in [6.45, 7) is 3.11. The standard InChI is InChI=1S/C25H35N5O2/c31-24(19-5-2-1-3-6-19)29-15-10-20(11-16-29)28-25(32)30-13-8-18(9-14-30)22-17-27-23-21(22)7-4-12-26-23/h4,7,12,17-20H,1-3,5-6,8-11,13-16H2,(H,26,27)(H,28,32). The van der Waals surface area contributed by atoms with Crippen LogP contribution in [0.15, 0.2) is 24.5 Å². The van der Waals surface area contributed by atoms with Crippen LogP contribution in [0, 0.1) is 5.92 Å². The molecule has 7 nitrogen and oxygen atoms in total. The zero-order valence-corrected chi connectivity index (χ0v) is 18.9. The Bertz CT molecular complexity index is 935. The zero-order valence-electron chi connectivity index (χ0n) is 18.9. The fraction of sp³-hybridized carbons (Fsp3) is 0.640. The van der Waals surface area contributed by atoms with Crippen molar-refractivity contribution in [3.8, 4) is 0 Å². The second-order valence-corrected chi connectivity index (χ2v) is 9.79. The second kappa shape index (κ2) is 9.51. The summed E-state index contributed by atoms with van der Waals surface area (Å²) in [6.07, 6.45) is 13.3. The maximum absolute atomic E-state index is 12.9. The van der Waals surface area contributed by atoms with Crippen LogP contribution >= 0.6 is 0 Å². The molecule has 3 fully saturated rings. The number of pyridine rings is 1. The summed E-state index contributed by atoms with van der Waals surface area (Å²) in [4.78, 5) is 37.3. The predicted molar refractivity (Wildman–Crippen MR) is 124 cm³/mol. The van der Waals surface area contributed by atoms with Crippen molar-refractivity contribution in [3.63, 3.8) is 0 Å². The van der Waals surface area contributed by atoms with Crippen molar-refractivity contribution in [3.05, 3.63) is 30.1 Å². The third-order valence-corrected chi connectivity index (χ3v) is 7.79. The second-order valence-electron chi connectivity index (χ2n) is 9.79. The Morgan fingerprint density at radius 3 is 2.41 bits per heavy atom. The number of hydrogen-bond acceptors (Lipinski definition) is 3. The summed E-state index contributed by atoms with van der Waals surface area (Å²) >= 11 is 0. The lowest BCUT2D eigenvalue weighted by molar-refractivity contribution is -0.137. The first-order valence-corrected chi connectivity index (χ1v) is 12.5. The molecule has 3 amide bonds. The molecule has 1 aliphatic carbocycles. The van der Waals surface area contributed by atoms with Crippen LogP contribution < -0.4 is 5.32 Å². The number of rotatable bonds is 3. The minimum atomic E-state index is 0.0566. The van der Waals surface area contributed by atoms with Gasteiger partial charge in [0, 0.05) is 55.9 Å². The summed E-state index contributed by atoms with van der Waals surface area (Å²) in [7, 11) is 0. The topological polar surface area (TPSA) is 81.3 Å². The number of aromatic nitrogens is 2. The van der Waals surface area contributed by atoms with Crippen molar-refractivity contribution in [1.29, 1.82) is 0 Å². The van der Waals surface area contributed by atoms with Gasteiger partial charge in [-0.3, -0.25) is 4.79 Å². The lowest BCUT2D eigenvalue weighted by Gasteiger charge is -2.37. The smallest absolute Gasteiger partial charge is 0.317 e. The van der Waals surface area contributed by atoms with E-state index < -0.39 is 0 Å². The fourth-order valence-corrected chi connectivity index (χ4v) is 5.83. The van der Waals surface area contributed by atoms with Gasteiger partial charge in [0.2, 0.25) is 5.91 Å². The number of nitrogens with zero attached hydrogens (tertiary/aromatic N) is 3. The highest BCUT2D eigenvalue weighted by Gasteiger charge is 2.31. The first-order chi connectivity index (χ1) is 15.7. The fourth-order valence-electron chi connectivity index (χ4n) is 5.83. The van der Waals surface area contributed by atoms with Gasteiger partial charge in [0.1, 0.15) is 5.65 Å². The van der Waals surface area contributed by atoms with Gasteiger partial charge in [0.05, 0.1) is 0 Å². The maximum Gasteiger partial charge on any atom is 0.317 e. The highest BCUT2D eigenvalue weighted by molar-refractivity contribution is 5.80. The van der Waals surface area contributed by atoms with Crippen molar-refractivity contribution >= 4 is 23.0 Å². The Morgan fingerprint density at radius 2 is 1.66 bits per heavy atom. The molecule has 0 aromatic carbocycles. The van der Waals surface area contributed by atoms with Gasteiger partial charge in [-0.25, -0.2) is 9.78 Å². The van der Waals surface area contributed by atoms with Crippen LogP contribution in [0.2, 0.25) is 0 Å². The molecular weight excluding hydrogens is 402 g/mol. The molecule has 0 atom stereocenters. The molecule has 0 unspecified atom stereocenters. The number of piperidine rings is 2. The Morgan fingerprint density at radius 1 is 0.938 bits per heavy atom.